The molecule has 3 aromatic carbocycles. The van der Waals surface area contributed by atoms with Crippen LogP contribution in [0.25, 0.3) is 5.70 Å². The molecule has 43 heavy (non-hydrogen) atoms. The number of nitrogens with one attached hydrogen (secondary N) is 3. The maximum Gasteiger partial charge on any atom is 0.415 e. The van der Waals surface area contributed by atoms with Crippen molar-refractivity contribution in [3.05, 3.63) is 120 Å². The van der Waals surface area contributed by atoms with E-state index in [0.717, 1.165) is 24.9 Å². The van der Waals surface area contributed by atoms with Gasteiger partial charge in [0.15, 0.2) is 0 Å². The molecule has 1 aliphatic rings. The van der Waals surface area contributed by atoms with Crippen LogP contribution in [0, 0.1) is 11.7 Å². The van der Waals surface area contributed by atoms with E-state index >= 15 is 4.39 Å². The summed E-state index contributed by atoms with van der Waals surface area (Å²) in [5.41, 5.74) is 6.83. The Kier molecular flexibility index (Phi) is 9.82. The van der Waals surface area contributed by atoms with Crippen molar-refractivity contribution in [1.29, 1.82) is 0 Å². The maximum absolute atomic E-state index is 15.0. The third kappa shape index (κ3) is 8.42. The first-order valence-corrected chi connectivity index (χ1v) is 13.7. The van der Waals surface area contributed by atoms with E-state index in [0.29, 0.717) is 28.8 Å². The molecule has 4 rings (SSSR count). The number of halogens is 4. The summed E-state index contributed by atoms with van der Waals surface area (Å²) in [5, 5.41) is 8.65. The highest BCUT2D eigenvalue weighted by Crippen LogP contribution is 2.32. The second-order valence-electron chi connectivity index (χ2n) is 10.2. The molecule has 1 unspecified atom stereocenters. The fourth-order valence-corrected chi connectivity index (χ4v) is 4.38. The second kappa shape index (κ2) is 13.5. The van der Waals surface area contributed by atoms with E-state index in [1.807, 2.05) is 30.3 Å². The first-order valence-electron chi connectivity index (χ1n) is 13.7. The predicted molar refractivity (Wildman–Crippen MR) is 164 cm³/mol. The summed E-state index contributed by atoms with van der Waals surface area (Å²) in [6, 6.07) is 18.2. The molecule has 5 N–H and O–H groups in total. The van der Waals surface area contributed by atoms with Crippen LogP contribution in [-0.2, 0) is 4.79 Å². The summed E-state index contributed by atoms with van der Waals surface area (Å²) >= 11 is 0. The monoisotopic (exact) mass is 591 g/mol. The summed E-state index contributed by atoms with van der Waals surface area (Å²) < 4.78 is 55.3. The van der Waals surface area contributed by atoms with Crippen molar-refractivity contribution in [3.63, 3.8) is 0 Å². The number of carbonyl (C=O) groups excluding carboxylic acids is 1. The van der Waals surface area contributed by atoms with Crippen LogP contribution >= 0.6 is 0 Å². The lowest BCUT2D eigenvalue weighted by Gasteiger charge is -2.21. The second-order valence-corrected chi connectivity index (χ2v) is 10.2. The fraction of sp³-hybridized carbons (Fsp3) is 0.212. The first kappa shape index (κ1) is 31.2. The van der Waals surface area contributed by atoms with E-state index < -0.39 is 29.2 Å². The lowest BCUT2D eigenvalue weighted by Crippen LogP contribution is -2.25. The van der Waals surface area contributed by atoms with E-state index in [1.165, 1.54) is 24.3 Å². The lowest BCUT2D eigenvalue weighted by atomic mass is 9.97. The van der Waals surface area contributed by atoms with Gasteiger partial charge in [-0.2, -0.15) is 13.2 Å². The van der Waals surface area contributed by atoms with Crippen LogP contribution in [0.5, 0.6) is 0 Å². The van der Waals surface area contributed by atoms with Crippen LogP contribution in [0.15, 0.2) is 102 Å². The Bertz CT molecular complexity index is 1560. The molecule has 1 atom stereocenters. The molecule has 0 aromatic heterocycles. The van der Waals surface area contributed by atoms with Crippen LogP contribution in [0.4, 0.5) is 34.6 Å². The van der Waals surface area contributed by atoms with Gasteiger partial charge in [0, 0.05) is 23.2 Å². The largest absolute Gasteiger partial charge is 0.415 e. The van der Waals surface area contributed by atoms with Gasteiger partial charge in [-0.3, -0.25) is 9.79 Å². The topological polar surface area (TPSA) is 91.5 Å². The van der Waals surface area contributed by atoms with Crippen molar-refractivity contribution in [2.45, 2.75) is 32.0 Å². The number of nitrogens with two attached hydrogens (primary N) is 1. The minimum absolute atomic E-state index is 0.168. The standard InChI is InChI=1S/C33H33F4N5O/c1-4-39-28-15-13-25(18-26(28)21(3)38)41-30(16-20(2)33(35,36)37)32(43)42-29-17-24(12-14-27(29)34)31(40-19-22-10-11-22)23-8-6-5-7-9-23/h4-9,12-18,22,31,40-41H,2-3,10-11,19,38H2,1H3,(H,42,43)/b30-16-,39-4?. The minimum Gasteiger partial charge on any atom is -0.399 e. The normalized spacial score (nSPS) is 14.4. The van der Waals surface area contributed by atoms with Gasteiger partial charge < -0.3 is 21.7 Å². The van der Waals surface area contributed by atoms with Crippen molar-refractivity contribution in [3.8, 4) is 0 Å². The molecule has 0 radical (unpaired) electrons. The van der Waals surface area contributed by atoms with Gasteiger partial charge in [0.2, 0.25) is 0 Å². The number of hydrogen-bond acceptors (Lipinski definition) is 5. The zero-order valence-electron chi connectivity index (χ0n) is 23.6. The van der Waals surface area contributed by atoms with Crippen molar-refractivity contribution < 1.29 is 22.4 Å². The number of aliphatic imine (C=N–C) groups is 1. The maximum atomic E-state index is 15.0. The molecule has 6 nitrogen and oxygen atoms in total. The first-order chi connectivity index (χ1) is 20.5. The number of amides is 1. The SMILES string of the molecule is C=C(N)c1cc(N/C(=C\C(=C)C(F)(F)F)C(=O)Nc2cc(C(NCC3CC3)c3ccccc3)ccc2F)ccc1N=CC. The van der Waals surface area contributed by atoms with E-state index in [1.54, 1.807) is 25.3 Å². The molecule has 1 saturated carbocycles. The van der Waals surface area contributed by atoms with Gasteiger partial charge >= 0.3 is 6.18 Å². The molecular formula is C33H33F4N5O. The molecule has 224 valence electrons. The molecule has 0 spiro atoms. The zero-order valence-corrected chi connectivity index (χ0v) is 23.6. The third-order valence-electron chi connectivity index (χ3n) is 6.83. The van der Waals surface area contributed by atoms with Crippen molar-refractivity contribution in [2.75, 3.05) is 17.2 Å². The summed E-state index contributed by atoms with van der Waals surface area (Å²) in [7, 11) is 0. The molecule has 1 fully saturated rings. The Balaban J connectivity index is 1.66. The Morgan fingerprint density at radius 3 is 2.40 bits per heavy atom. The van der Waals surface area contributed by atoms with E-state index in [-0.39, 0.29) is 23.1 Å². The predicted octanol–water partition coefficient (Wildman–Crippen LogP) is 7.62. The van der Waals surface area contributed by atoms with Crippen LogP contribution < -0.4 is 21.7 Å². The smallest absolute Gasteiger partial charge is 0.399 e. The molecule has 1 aliphatic carbocycles. The van der Waals surface area contributed by atoms with Crippen LogP contribution in [0.3, 0.4) is 0 Å². The molecular weight excluding hydrogens is 558 g/mol. The molecule has 10 heteroatoms. The number of carbonyl (C=O) groups is 1. The summed E-state index contributed by atoms with van der Waals surface area (Å²) in [6.45, 7) is 9.25. The average molecular weight is 592 g/mol. The Hall–Kier alpha value is -4.70. The molecule has 0 saturated heterocycles. The number of hydrogen-bond donors (Lipinski definition) is 4. The Morgan fingerprint density at radius 1 is 1.05 bits per heavy atom. The van der Waals surface area contributed by atoms with Crippen LogP contribution in [-0.4, -0.2) is 24.8 Å². The highest BCUT2D eigenvalue weighted by Gasteiger charge is 2.31. The molecule has 1 amide bonds. The zero-order chi connectivity index (χ0) is 31.1. The van der Waals surface area contributed by atoms with Crippen LogP contribution in [0.2, 0.25) is 0 Å². The quantitative estimate of drug-likeness (QED) is 0.0755. The average Bonchev–Trinajstić information content (AvgIpc) is 3.79. The van der Waals surface area contributed by atoms with Crippen molar-refractivity contribution in [1.82, 2.24) is 5.32 Å². The van der Waals surface area contributed by atoms with Crippen LogP contribution in [0.1, 0.15) is 42.5 Å². The fourth-order valence-electron chi connectivity index (χ4n) is 4.38. The Morgan fingerprint density at radius 2 is 1.77 bits per heavy atom. The summed E-state index contributed by atoms with van der Waals surface area (Å²) in [5.74, 6) is -1.18. The summed E-state index contributed by atoms with van der Waals surface area (Å²) in [6.07, 6.45) is -0.408. The van der Waals surface area contributed by atoms with Gasteiger partial charge in [0.25, 0.3) is 5.91 Å². The van der Waals surface area contributed by atoms with Gasteiger partial charge in [0.1, 0.15) is 11.5 Å². The molecule has 0 heterocycles. The number of anilines is 2. The number of alkyl halides is 3. The number of benzene rings is 3. The highest BCUT2D eigenvalue weighted by molar-refractivity contribution is 6.06. The van der Waals surface area contributed by atoms with Gasteiger partial charge in [-0.15, -0.1) is 0 Å². The van der Waals surface area contributed by atoms with Gasteiger partial charge in [-0.05, 0) is 79.8 Å². The van der Waals surface area contributed by atoms with E-state index in [4.69, 9.17) is 5.73 Å². The number of allylic oxidation sites excluding steroid dienone is 2. The van der Waals surface area contributed by atoms with E-state index in [2.05, 4.69) is 34.1 Å². The third-order valence-corrected chi connectivity index (χ3v) is 6.83. The Labute approximate surface area is 248 Å². The minimum atomic E-state index is -4.80. The van der Waals surface area contributed by atoms with E-state index in [9.17, 15) is 18.0 Å². The number of rotatable bonds is 12. The molecule has 0 aliphatic heterocycles. The van der Waals surface area contributed by atoms with Gasteiger partial charge in [0.05, 0.1) is 23.0 Å². The number of nitrogens with zero attached hydrogens (tertiary/aromatic N) is 1. The molecule has 3 aromatic rings. The van der Waals surface area contributed by atoms with Crippen molar-refractivity contribution >= 4 is 34.9 Å². The van der Waals surface area contributed by atoms with Gasteiger partial charge in [-0.1, -0.05) is 49.6 Å². The highest BCUT2D eigenvalue weighted by atomic mass is 19.4. The molecule has 0 bridgehead atoms. The summed E-state index contributed by atoms with van der Waals surface area (Å²) in [4.78, 5) is 17.6. The lowest BCUT2D eigenvalue weighted by molar-refractivity contribution is -0.112. The van der Waals surface area contributed by atoms with Gasteiger partial charge in [-0.25, -0.2) is 4.39 Å². The van der Waals surface area contributed by atoms with Crippen molar-refractivity contribution in [2.24, 2.45) is 16.6 Å².